The van der Waals surface area contributed by atoms with E-state index in [0.29, 0.717) is 5.92 Å². The van der Waals surface area contributed by atoms with Crippen LogP contribution in [0.3, 0.4) is 0 Å². The van der Waals surface area contributed by atoms with Crippen molar-refractivity contribution in [3.8, 4) is 0 Å². The molecule has 0 aliphatic heterocycles. The number of hydrogen-bond acceptors (Lipinski definition) is 4. The molecule has 112 valence electrons. The molecule has 0 fully saturated rings. The Morgan fingerprint density at radius 1 is 1.24 bits per heavy atom. The number of rotatable bonds is 5. The molecule has 1 heterocycles. The summed E-state index contributed by atoms with van der Waals surface area (Å²) in [5.74, 6) is 0.383. The van der Waals surface area contributed by atoms with Gasteiger partial charge in [0.1, 0.15) is 0 Å². The summed E-state index contributed by atoms with van der Waals surface area (Å²) < 4.78 is 0.269. The van der Waals surface area contributed by atoms with Crippen LogP contribution in [0.5, 0.6) is 0 Å². The van der Waals surface area contributed by atoms with Gasteiger partial charge in [-0.3, -0.25) is 4.79 Å². The lowest BCUT2D eigenvalue weighted by Gasteiger charge is -2.14. The van der Waals surface area contributed by atoms with Crippen molar-refractivity contribution in [3.05, 3.63) is 44.9 Å². The third kappa shape index (κ3) is 4.51. The monoisotopic (exact) mass is 323 g/mol. The highest BCUT2D eigenvalue weighted by Gasteiger charge is 2.15. The predicted octanol–water partition coefficient (Wildman–Crippen LogP) is 3.88. The van der Waals surface area contributed by atoms with E-state index in [-0.39, 0.29) is 21.4 Å². The van der Waals surface area contributed by atoms with Gasteiger partial charge in [0.05, 0.1) is 6.04 Å². The largest absolute Gasteiger partial charge is 0.343 e. The summed E-state index contributed by atoms with van der Waals surface area (Å²) in [7, 11) is 0. The summed E-state index contributed by atoms with van der Waals surface area (Å²) in [5.41, 5.74) is 2.37. The molecule has 0 bridgehead atoms. The van der Waals surface area contributed by atoms with Gasteiger partial charge in [0.25, 0.3) is 5.91 Å². The summed E-state index contributed by atoms with van der Waals surface area (Å²) in [6, 6.07) is 8.23. The lowest BCUT2D eigenvalue weighted by atomic mass is 10.00. The van der Waals surface area contributed by atoms with E-state index < -0.39 is 0 Å². The normalized spacial score (nSPS) is 12.4. The van der Waals surface area contributed by atoms with Crippen molar-refractivity contribution in [2.45, 2.75) is 33.2 Å². The van der Waals surface area contributed by atoms with Crippen LogP contribution in [0.4, 0.5) is 0 Å². The second kappa shape index (κ2) is 7.00. The first-order chi connectivity index (χ1) is 9.95. The van der Waals surface area contributed by atoms with Crippen LogP contribution in [0.25, 0.3) is 0 Å². The van der Waals surface area contributed by atoms with E-state index in [1.165, 1.54) is 5.56 Å². The molecule has 1 unspecified atom stereocenters. The van der Waals surface area contributed by atoms with Crippen LogP contribution in [-0.2, 0) is 6.42 Å². The molecule has 6 heteroatoms. The Morgan fingerprint density at radius 2 is 1.90 bits per heavy atom. The van der Waals surface area contributed by atoms with Crippen LogP contribution in [-0.4, -0.2) is 16.1 Å². The van der Waals surface area contributed by atoms with Gasteiger partial charge in [-0.15, -0.1) is 10.2 Å². The average molecular weight is 324 g/mol. The first-order valence-electron chi connectivity index (χ1n) is 6.84. The predicted molar refractivity (Wildman–Crippen MR) is 85.8 cm³/mol. The van der Waals surface area contributed by atoms with E-state index in [4.69, 9.17) is 11.6 Å². The molecule has 0 saturated carbocycles. The van der Waals surface area contributed by atoms with E-state index in [9.17, 15) is 4.79 Å². The Balaban J connectivity index is 1.99. The van der Waals surface area contributed by atoms with E-state index in [2.05, 4.69) is 53.6 Å². The summed E-state index contributed by atoms with van der Waals surface area (Å²) >= 11 is 6.76. The van der Waals surface area contributed by atoms with E-state index in [0.717, 1.165) is 23.3 Å². The molecule has 0 spiro atoms. The Morgan fingerprint density at radius 3 is 2.43 bits per heavy atom. The molecular formula is C15H18ClN3OS. The van der Waals surface area contributed by atoms with Crippen molar-refractivity contribution < 1.29 is 4.79 Å². The molecular weight excluding hydrogens is 306 g/mol. The van der Waals surface area contributed by atoms with Gasteiger partial charge in [-0.2, -0.15) is 0 Å². The minimum Gasteiger partial charge on any atom is -0.343 e. The van der Waals surface area contributed by atoms with Gasteiger partial charge in [-0.05, 0) is 42.0 Å². The molecule has 1 N–H and O–H groups in total. The molecule has 0 radical (unpaired) electrons. The van der Waals surface area contributed by atoms with Crippen LogP contribution in [0, 0.1) is 5.92 Å². The first-order valence-corrected chi connectivity index (χ1v) is 8.04. The molecule has 1 aromatic carbocycles. The topological polar surface area (TPSA) is 54.9 Å². The second-order valence-electron chi connectivity index (χ2n) is 5.39. The van der Waals surface area contributed by atoms with E-state index in [1.54, 1.807) is 0 Å². The average Bonchev–Trinajstić information content (AvgIpc) is 2.85. The summed E-state index contributed by atoms with van der Waals surface area (Å²) in [4.78, 5) is 12.0. The maximum atomic E-state index is 12.0. The molecule has 2 rings (SSSR count). The molecule has 0 aliphatic rings. The Hall–Kier alpha value is -1.46. The highest BCUT2D eigenvalue weighted by molar-refractivity contribution is 7.17. The SMILES string of the molecule is CC(C)Cc1ccc(C(C)NC(=O)c2nnc(Cl)s2)cc1. The lowest BCUT2D eigenvalue weighted by molar-refractivity contribution is 0.0939. The number of nitrogens with zero attached hydrogens (tertiary/aromatic N) is 2. The van der Waals surface area contributed by atoms with Gasteiger partial charge in [-0.1, -0.05) is 49.4 Å². The van der Waals surface area contributed by atoms with Crippen LogP contribution >= 0.6 is 22.9 Å². The lowest BCUT2D eigenvalue weighted by Crippen LogP contribution is -2.26. The van der Waals surface area contributed by atoms with Crippen LogP contribution in [0.1, 0.15) is 47.7 Å². The standard InChI is InChI=1S/C15H18ClN3OS/c1-9(2)8-11-4-6-12(7-5-11)10(3)17-13(20)14-18-19-15(16)21-14/h4-7,9-10H,8H2,1-3H3,(H,17,20). The minimum absolute atomic E-state index is 0.0896. The van der Waals surface area contributed by atoms with Gasteiger partial charge >= 0.3 is 0 Å². The summed E-state index contributed by atoms with van der Waals surface area (Å²) in [5, 5.41) is 10.5. The molecule has 1 atom stereocenters. The van der Waals surface area contributed by atoms with Crippen molar-refractivity contribution in [2.75, 3.05) is 0 Å². The third-order valence-corrected chi connectivity index (χ3v) is 4.08. The van der Waals surface area contributed by atoms with E-state index >= 15 is 0 Å². The van der Waals surface area contributed by atoms with E-state index in [1.807, 2.05) is 6.92 Å². The zero-order valence-corrected chi connectivity index (χ0v) is 13.8. The molecule has 21 heavy (non-hydrogen) atoms. The van der Waals surface area contributed by atoms with Crippen molar-refractivity contribution >= 4 is 28.8 Å². The van der Waals surface area contributed by atoms with Gasteiger partial charge in [0.15, 0.2) is 0 Å². The van der Waals surface area contributed by atoms with Gasteiger partial charge < -0.3 is 5.32 Å². The van der Waals surface area contributed by atoms with Gasteiger partial charge in [0.2, 0.25) is 9.47 Å². The summed E-state index contributed by atoms with van der Waals surface area (Å²) in [6.07, 6.45) is 1.06. The fourth-order valence-electron chi connectivity index (χ4n) is 2.05. The Bertz CT molecular complexity index is 610. The Kier molecular flexibility index (Phi) is 5.31. The van der Waals surface area contributed by atoms with Gasteiger partial charge in [0, 0.05) is 0 Å². The number of aromatic nitrogens is 2. The third-order valence-electron chi connectivity index (χ3n) is 3.07. The highest BCUT2D eigenvalue weighted by Crippen LogP contribution is 2.18. The van der Waals surface area contributed by atoms with Crippen molar-refractivity contribution in [2.24, 2.45) is 5.92 Å². The number of benzene rings is 1. The minimum atomic E-state index is -0.252. The summed E-state index contributed by atoms with van der Waals surface area (Å²) in [6.45, 7) is 6.34. The number of carbonyl (C=O) groups excluding carboxylic acids is 1. The molecule has 4 nitrogen and oxygen atoms in total. The highest BCUT2D eigenvalue weighted by atomic mass is 35.5. The van der Waals surface area contributed by atoms with Crippen LogP contribution in [0.15, 0.2) is 24.3 Å². The van der Waals surface area contributed by atoms with Crippen molar-refractivity contribution in [1.29, 1.82) is 0 Å². The number of hydrogen-bond donors (Lipinski definition) is 1. The first kappa shape index (κ1) is 15.9. The molecule has 1 amide bonds. The van der Waals surface area contributed by atoms with Crippen LogP contribution < -0.4 is 5.32 Å². The van der Waals surface area contributed by atoms with Crippen molar-refractivity contribution in [1.82, 2.24) is 15.5 Å². The fraction of sp³-hybridized carbons (Fsp3) is 0.400. The number of amides is 1. The molecule has 0 aliphatic carbocycles. The maximum absolute atomic E-state index is 12.0. The Labute approximate surface area is 133 Å². The molecule has 2 aromatic rings. The zero-order valence-electron chi connectivity index (χ0n) is 12.3. The number of carbonyl (C=O) groups is 1. The fourth-order valence-corrected chi connectivity index (χ4v) is 2.78. The molecule has 1 aromatic heterocycles. The number of halogens is 1. The zero-order chi connectivity index (χ0) is 15.4. The number of nitrogens with one attached hydrogen (secondary N) is 1. The van der Waals surface area contributed by atoms with Crippen LogP contribution in [0.2, 0.25) is 4.47 Å². The quantitative estimate of drug-likeness (QED) is 0.908. The maximum Gasteiger partial charge on any atom is 0.282 e. The van der Waals surface area contributed by atoms with Crippen molar-refractivity contribution in [3.63, 3.8) is 0 Å². The van der Waals surface area contributed by atoms with Gasteiger partial charge in [-0.25, -0.2) is 0 Å². The second-order valence-corrected chi connectivity index (χ2v) is 6.95. The molecule has 0 saturated heterocycles. The smallest absolute Gasteiger partial charge is 0.282 e.